The van der Waals surface area contributed by atoms with Gasteiger partial charge in [-0.05, 0) is 24.6 Å². The molecule has 2 aromatic heterocycles. The van der Waals surface area contributed by atoms with Crippen LogP contribution in [-0.4, -0.2) is 27.2 Å². The Bertz CT molecular complexity index is 1360. The van der Waals surface area contributed by atoms with Gasteiger partial charge in [0.25, 0.3) is 5.91 Å². The second kappa shape index (κ2) is 7.61. The van der Waals surface area contributed by atoms with E-state index in [0.717, 1.165) is 21.9 Å². The molecule has 4 amide bonds. The van der Waals surface area contributed by atoms with Crippen molar-refractivity contribution in [2.75, 3.05) is 5.32 Å². The summed E-state index contributed by atoms with van der Waals surface area (Å²) in [4.78, 5) is 42.0. The van der Waals surface area contributed by atoms with Crippen LogP contribution in [0.15, 0.2) is 66.2 Å². The number of nitrogens with one attached hydrogen (secondary N) is 3. The highest BCUT2D eigenvalue weighted by atomic mass is 32.1. The molecule has 1 atom stereocenters. The number of anilines is 1. The molecule has 3 heterocycles. The first-order valence-corrected chi connectivity index (χ1v) is 10.9. The lowest BCUT2D eigenvalue weighted by molar-refractivity contribution is -0.123. The van der Waals surface area contributed by atoms with Gasteiger partial charge < -0.3 is 10.6 Å². The maximum atomic E-state index is 12.7. The van der Waals surface area contributed by atoms with E-state index in [2.05, 4.69) is 20.9 Å². The van der Waals surface area contributed by atoms with Gasteiger partial charge in [-0.1, -0.05) is 42.5 Å². The quantitative estimate of drug-likeness (QED) is 0.410. The summed E-state index contributed by atoms with van der Waals surface area (Å²) < 4.78 is 1.93. The minimum absolute atomic E-state index is 0.170. The SMILES string of the molecule is CC1(c2cccc(NC(=O)Cc3csc4nc(-c5ccccc5)cn34)c2)NC(=O)NC1=O. The molecule has 0 bridgehead atoms. The Hall–Kier alpha value is -3.98. The van der Waals surface area contributed by atoms with Crippen LogP contribution in [0.1, 0.15) is 18.2 Å². The van der Waals surface area contributed by atoms with Gasteiger partial charge in [0, 0.05) is 28.5 Å². The molecule has 8 nitrogen and oxygen atoms in total. The monoisotopic (exact) mass is 445 g/mol. The lowest BCUT2D eigenvalue weighted by Gasteiger charge is -2.21. The number of hydrogen-bond donors (Lipinski definition) is 3. The average Bonchev–Trinajstić information content (AvgIpc) is 3.43. The molecule has 0 radical (unpaired) electrons. The Kier molecular flexibility index (Phi) is 4.75. The Morgan fingerprint density at radius 2 is 1.97 bits per heavy atom. The van der Waals surface area contributed by atoms with E-state index in [9.17, 15) is 14.4 Å². The van der Waals surface area contributed by atoms with Crippen molar-refractivity contribution in [1.29, 1.82) is 0 Å². The normalized spacial score (nSPS) is 17.9. The summed E-state index contributed by atoms with van der Waals surface area (Å²) in [6.07, 6.45) is 2.11. The van der Waals surface area contributed by atoms with Gasteiger partial charge in [0.15, 0.2) is 4.96 Å². The summed E-state index contributed by atoms with van der Waals surface area (Å²) in [6.45, 7) is 1.62. The van der Waals surface area contributed by atoms with Crippen molar-refractivity contribution in [1.82, 2.24) is 20.0 Å². The van der Waals surface area contributed by atoms with Crippen LogP contribution in [0, 0.1) is 0 Å². The number of amides is 4. The van der Waals surface area contributed by atoms with Crippen LogP contribution in [0.4, 0.5) is 10.5 Å². The minimum atomic E-state index is -1.18. The van der Waals surface area contributed by atoms with E-state index < -0.39 is 17.5 Å². The van der Waals surface area contributed by atoms with Gasteiger partial charge >= 0.3 is 6.03 Å². The van der Waals surface area contributed by atoms with E-state index in [0.29, 0.717) is 11.3 Å². The predicted molar refractivity (Wildman–Crippen MR) is 121 cm³/mol. The molecule has 5 rings (SSSR count). The van der Waals surface area contributed by atoms with Gasteiger partial charge in [0.2, 0.25) is 5.91 Å². The second-order valence-corrected chi connectivity index (χ2v) is 8.55. The fourth-order valence-corrected chi connectivity index (χ4v) is 4.60. The first-order chi connectivity index (χ1) is 15.4. The van der Waals surface area contributed by atoms with Crippen molar-refractivity contribution in [3.8, 4) is 11.3 Å². The van der Waals surface area contributed by atoms with E-state index in [1.54, 1.807) is 31.2 Å². The molecule has 0 spiro atoms. The molecule has 2 aromatic carbocycles. The van der Waals surface area contributed by atoms with E-state index >= 15 is 0 Å². The number of benzene rings is 2. The molecule has 3 N–H and O–H groups in total. The number of hydrogen-bond acceptors (Lipinski definition) is 5. The number of carbonyl (C=O) groups is 3. The standard InChI is InChI=1S/C23H19N5O3S/c1-23(20(30)26-21(31)27-23)15-8-5-9-16(10-15)24-19(29)11-17-13-32-22-25-18(12-28(17)22)14-6-3-2-4-7-14/h2-10,12-13H,11H2,1H3,(H,24,29)(H2,26,27,30,31). The molecular formula is C23H19N5O3S. The molecule has 1 fully saturated rings. The number of imidazole rings is 1. The summed E-state index contributed by atoms with van der Waals surface area (Å²) in [6, 6.07) is 16.3. The molecule has 32 heavy (non-hydrogen) atoms. The van der Waals surface area contributed by atoms with Crippen LogP contribution < -0.4 is 16.0 Å². The Morgan fingerprint density at radius 3 is 2.72 bits per heavy atom. The average molecular weight is 446 g/mol. The highest BCUT2D eigenvalue weighted by Gasteiger charge is 2.43. The van der Waals surface area contributed by atoms with E-state index in [1.165, 1.54) is 11.3 Å². The number of fused-ring (bicyclic) bond motifs is 1. The maximum Gasteiger partial charge on any atom is 0.322 e. The van der Waals surface area contributed by atoms with Crippen LogP contribution in [0.3, 0.4) is 0 Å². The third-order valence-corrected chi connectivity index (χ3v) is 6.35. The number of thiazole rings is 1. The van der Waals surface area contributed by atoms with Crippen molar-refractivity contribution < 1.29 is 14.4 Å². The van der Waals surface area contributed by atoms with Crippen molar-refractivity contribution in [3.63, 3.8) is 0 Å². The van der Waals surface area contributed by atoms with Crippen molar-refractivity contribution in [2.45, 2.75) is 18.9 Å². The van der Waals surface area contributed by atoms with Crippen LogP contribution >= 0.6 is 11.3 Å². The third-order valence-electron chi connectivity index (χ3n) is 5.46. The molecule has 1 aliphatic heterocycles. The third kappa shape index (κ3) is 3.52. The molecule has 4 aromatic rings. The zero-order valence-electron chi connectivity index (χ0n) is 17.1. The number of carbonyl (C=O) groups excluding carboxylic acids is 3. The zero-order valence-corrected chi connectivity index (χ0v) is 17.9. The predicted octanol–water partition coefficient (Wildman–Crippen LogP) is 3.30. The van der Waals surface area contributed by atoms with Gasteiger partial charge in [-0.2, -0.15) is 0 Å². The largest absolute Gasteiger partial charge is 0.326 e. The van der Waals surface area contributed by atoms with E-state index in [-0.39, 0.29) is 12.3 Å². The number of urea groups is 1. The summed E-state index contributed by atoms with van der Waals surface area (Å²) in [5.41, 5.74) is 2.66. The number of imide groups is 1. The van der Waals surface area contributed by atoms with E-state index in [1.807, 2.05) is 46.3 Å². The molecule has 1 saturated heterocycles. The highest BCUT2D eigenvalue weighted by molar-refractivity contribution is 7.15. The topological polar surface area (TPSA) is 105 Å². The highest BCUT2D eigenvalue weighted by Crippen LogP contribution is 2.27. The van der Waals surface area contributed by atoms with Crippen LogP contribution in [0.2, 0.25) is 0 Å². The Morgan fingerprint density at radius 1 is 1.16 bits per heavy atom. The molecule has 9 heteroatoms. The minimum Gasteiger partial charge on any atom is -0.326 e. The number of nitrogens with zero attached hydrogens (tertiary/aromatic N) is 2. The first-order valence-electron chi connectivity index (χ1n) is 9.97. The molecule has 1 aliphatic rings. The first kappa shape index (κ1) is 20.0. The van der Waals surface area contributed by atoms with E-state index in [4.69, 9.17) is 0 Å². The molecular weight excluding hydrogens is 426 g/mol. The molecule has 1 unspecified atom stereocenters. The Labute approximate surface area is 187 Å². The lowest BCUT2D eigenvalue weighted by Crippen LogP contribution is -2.40. The van der Waals surface area contributed by atoms with Crippen molar-refractivity contribution in [2.24, 2.45) is 0 Å². The van der Waals surface area contributed by atoms with Crippen molar-refractivity contribution in [3.05, 3.63) is 77.4 Å². The lowest BCUT2D eigenvalue weighted by atomic mass is 9.92. The summed E-state index contributed by atoms with van der Waals surface area (Å²) in [7, 11) is 0. The van der Waals surface area contributed by atoms with Crippen molar-refractivity contribution >= 4 is 39.8 Å². The fourth-order valence-electron chi connectivity index (χ4n) is 3.73. The second-order valence-electron chi connectivity index (χ2n) is 7.71. The van der Waals surface area contributed by atoms with Crippen LogP contribution in [0.5, 0.6) is 0 Å². The van der Waals surface area contributed by atoms with Gasteiger partial charge in [-0.15, -0.1) is 11.3 Å². The summed E-state index contributed by atoms with van der Waals surface area (Å²) in [5, 5.41) is 9.67. The maximum absolute atomic E-state index is 12.7. The summed E-state index contributed by atoms with van der Waals surface area (Å²) >= 11 is 1.48. The van der Waals surface area contributed by atoms with Gasteiger partial charge in [0.05, 0.1) is 12.1 Å². The molecule has 0 aliphatic carbocycles. The smallest absolute Gasteiger partial charge is 0.322 e. The zero-order chi connectivity index (χ0) is 22.3. The van der Waals surface area contributed by atoms with Crippen LogP contribution in [0.25, 0.3) is 16.2 Å². The van der Waals surface area contributed by atoms with Crippen LogP contribution in [-0.2, 0) is 21.5 Å². The van der Waals surface area contributed by atoms with Gasteiger partial charge in [-0.3, -0.25) is 19.3 Å². The molecule has 160 valence electrons. The van der Waals surface area contributed by atoms with Gasteiger partial charge in [-0.25, -0.2) is 9.78 Å². The number of rotatable bonds is 5. The van der Waals surface area contributed by atoms with Gasteiger partial charge in [0.1, 0.15) is 5.54 Å². The molecule has 0 saturated carbocycles. The fraction of sp³-hybridized carbons (Fsp3) is 0.130. The number of aromatic nitrogens is 2. The summed E-state index contributed by atoms with van der Waals surface area (Å²) in [5.74, 6) is -0.622. The Balaban J connectivity index is 1.33.